The molecule has 0 aliphatic carbocycles. The number of carbonyl (C=O) groups excluding carboxylic acids is 1. The molecule has 1 unspecified atom stereocenters. The maximum absolute atomic E-state index is 11.9. The van der Waals surface area contributed by atoms with Gasteiger partial charge in [-0.3, -0.25) is 9.78 Å². The molecule has 0 saturated carbocycles. The first-order valence-corrected chi connectivity index (χ1v) is 7.21. The molecule has 3 N–H and O–H groups in total. The Morgan fingerprint density at radius 1 is 1.29 bits per heavy atom. The highest BCUT2D eigenvalue weighted by Crippen LogP contribution is 2.16. The summed E-state index contributed by atoms with van der Waals surface area (Å²) in [6.45, 7) is 0.366. The van der Waals surface area contributed by atoms with Gasteiger partial charge in [0.25, 0.3) is 0 Å². The predicted octanol–water partition coefficient (Wildman–Crippen LogP) is 2.16. The van der Waals surface area contributed by atoms with E-state index in [0.717, 1.165) is 10.4 Å². The number of hydrogen-bond donors (Lipinski definition) is 3. The Labute approximate surface area is 125 Å². The molecule has 0 aliphatic heterocycles. The largest absolute Gasteiger partial charge is 0.481 e. The third-order valence-corrected chi connectivity index (χ3v) is 3.57. The Kier molecular flexibility index (Phi) is 5.28. The van der Waals surface area contributed by atoms with Crippen molar-refractivity contribution < 1.29 is 14.7 Å². The van der Waals surface area contributed by atoms with Crippen LogP contribution in [0.3, 0.4) is 0 Å². The van der Waals surface area contributed by atoms with Crippen molar-refractivity contribution in [1.29, 1.82) is 0 Å². The standard InChI is InChI=1S/C14H15N3O3S/c18-13(19)6-12(10-4-2-1-3-5-10)17-14(20)16-8-11-7-15-9-21-11/h1-5,7,9,12H,6,8H2,(H,18,19)(H2,16,17,20). The first-order chi connectivity index (χ1) is 10.1. The molecule has 1 aromatic heterocycles. The van der Waals surface area contributed by atoms with Gasteiger partial charge in [-0.15, -0.1) is 11.3 Å². The van der Waals surface area contributed by atoms with E-state index in [0.29, 0.717) is 6.54 Å². The third-order valence-electron chi connectivity index (χ3n) is 2.79. The molecule has 0 radical (unpaired) electrons. The molecule has 0 fully saturated rings. The Bertz CT molecular complexity index is 587. The fourth-order valence-corrected chi connectivity index (χ4v) is 2.35. The zero-order valence-corrected chi connectivity index (χ0v) is 12.0. The van der Waals surface area contributed by atoms with E-state index in [-0.39, 0.29) is 6.42 Å². The monoisotopic (exact) mass is 305 g/mol. The fourth-order valence-electron chi connectivity index (χ4n) is 1.82. The van der Waals surface area contributed by atoms with Gasteiger partial charge >= 0.3 is 12.0 Å². The summed E-state index contributed by atoms with van der Waals surface area (Å²) in [6, 6.07) is 8.06. The van der Waals surface area contributed by atoms with Gasteiger partial charge in [-0.25, -0.2) is 4.79 Å². The Hall–Kier alpha value is -2.41. The molecule has 2 amide bonds. The van der Waals surface area contributed by atoms with Crippen LogP contribution < -0.4 is 10.6 Å². The number of carbonyl (C=O) groups is 2. The number of aromatic nitrogens is 1. The van der Waals surface area contributed by atoms with Crippen molar-refractivity contribution >= 4 is 23.3 Å². The second-order valence-electron chi connectivity index (χ2n) is 4.36. The van der Waals surface area contributed by atoms with Crippen molar-refractivity contribution in [3.63, 3.8) is 0 Å². The van der Waals surface area contributed by atoms with E-state index in [1.807, 2.05) is 6.07 Å². The lowest BCUT2D eigenvalue weighted by Gasteiger charge is -2.17. The van der Waals surface area contributed by atoms with Gasteiger partial charge in [0.05, 0.1) is 24.5 Å². The summed E-state index contributed by atoms with van der Waals surface area (Å²) in [4.78, 5) is 27.7. The fraction of sp³-hybridized carbons (Fsp3) is 0.214. The van der Waals surface area contributed by atoms with Gasteiger partial charge in [0.1, 0.15) is 0 Å². The van der Waals surface area contributed by atoms with E-state index in [1.54, 1.807) is 36.0 Å². The lowest BCUT2D eigenvalue weighted by Crippen LogP contribution is -2.38. The van der Waals surface area contributed by atoms with Gasteiger partial charge in [-0.1, -0.05) is 30.3 Å². The van der Waals surface area contributed by atoms with E-state index in [4.69, 9.17) is 5.11 Å². The van der Waals surface area contributed by atoms with E-state index in [9.17, 15) is 9.59 Å². The first kappa shape index (κ1) is 15.0. The molecule has 0 spiro atoms. The highest BCUT2D eigenvalue weighted by atomic mass is 32.1. The first-order valence-electron chi connectivity index (χ1n) is 6.33. The number of hydrogen-bond acceptors (Lipinski definition) is 4. The number of amides is 2. The van der Waals surface area contributed by atoms with Crippen molar-refractivity contribution in [2.75, 3.05) is 0 Å². The number of carboxylic acid groups (broad SMARTS) is 1. The molecule has 21 heavy (non-hydrogen) atoms. The summed E-state index contributed by atoms with van der Waals surface area (Å²) >= 11 is 1.44. The smallest absolute Gasteiger partial charge is 0.315 e. The quantitative estimate of drug-likeness (QED) is 0.762. The maximum atomic E-state index is 11.9. The van der Waals surface area contributed by atoms with Crippen molar-refractivity contribution in [2.45, 2.75) is 19.0 Å². The molecule has 0 aliphatic rings. The minimum atomic E-state index is -0.966. The van der Waals surface area contributed by atoms with Crippen LogP contribution in [0.15, 0.2) is 42.0 Å². The van der Waals surface area contributed by atoms with E-state index in [2.05, 4.69) is 15.6 Å². The van der Waals surface area contributed by atoms with Crippen LogP contribution in [-0.2, 0) is 11.3 Å². The summed E-state index contributed by atoms with van der Waals surface area (Å²) in [6.07, 6.45) is 1.51. The molecular weight excluding hydrogens is 290 g/mol. The highest BCUT2D eigenvalue weighted by molar-refractivity contribution is 7.09. The molecule has 0 saturated heterocycles. The molecule has 1 atom stereocenters. The van der Waals surface area contributed by atoms with Crippen LogP contribution in [-0.4, -0.2) is 22.1 Å². The van der Waals surface area contributed by atoms with Crippen LogP contribution in [0.25, 0.3) is 0 Å². The summed E-state index contributed by atoms with van der Waals surface area (Å²) in [5.74, 6) is -0.966. The lowest BCUT2D eigenvalue weighted by molar-refractivity contribution is -0.137. The average molecular weight is 305 g/mol. The Morgan fingerprint density at radius 3 is 2.67 bits per heavy atom. The number of nitrogens with one attached hydrogen (secondary N) is 2. The lowest BCUT2D eigenvalue weighted by atomic mass is 10.0. The number of nitrogens with zero attached hydrogens (tertiary/aromatic N) is 1. The zero-order valence-electron chi connectivity index (χ0n) is 11.2. The van der Waals surface area contributed by atoms with E-state index < -0.39 is 18.0 Å². The molecule has 0 bridgehead atoms. The summed E-state index contributed by atoms with van der Waals surface area (Å²) in [5, 5.41) is 14.3. The second kappa shape index (κ2) is 7.39. The van der Waals surface area contributed by atoms with Crippen LogP contribution in [0.4, 0.5) is 4.79 Å². The number of rotatable bonds is 6. The topological polar surface area (TPSA) is 91.3 Å². The van der Waals surface area contributed by atoms with Crippen LogP contribution in [0.1, 0.15) is 22.9 Å². The molecule has 110 valence electrons. The van der Waals surface area contributed by atoms with Crippen molar-refractivity contribution in [3.8, 4) is 0 Å². The SMILES string of the molecule is O=C(O)CC(NC(=O)NCc1cncs1)c1ccccc1. The van der Waals surface area contributed by atoms with Gasteiger partial charge in [0.15, 0.2) is 0 Å². The van der Waals surface area contributed by atoms with Gasteiger partial charge in [0, 0.05) is 11.1 Å². The average Bonchev–Trinajstić information content (AvgIpc) is 2.98. The van der Waals surface area contributed by atoms with Crippen LogP contribution in [0.2, 0.25) is 0 Å². The third kappa shape index (κ3) is 4.88. The van der Waals surface area contributed by atoms with Crippen LogP contribution >= 0.6 is 11.3 Å². The number of aliphatic carboxylic acids is 1. The normalized spacial score (nSPS) is 11.6. The van der Waals surface area contributed by atoms with Gasteiger partial charge in [-0.05, 0) is 5.56 Å². The summed E-state index contributed by atoms with van der Waals surface area (Å²) < 4.78 is 0. The molecule has 2 aromatic rings. The van der Waals surface area contributed by atoms with Crippen molar-refractivity contribution in [3.05, 3.63) is 52.5 Å². The van der Waals surface area contributed by atoms with Crippen LogP contribution in [0.5, 0.6) is 0 Å². The van der Waals surface area contributed by atoms with E-state index in [1.165, 1.54) is 11.3 Å². The summed E-state index contributed by atoms with van der Waals surface area (Å²) in [7, 11) is 0. The number of carboxylic acids is 1. The molecule has 7 heteroatoms. The van der Waals surface area contributed by atoms with Crippen molar-refractivity contribution in [2.24, 2.45) is 0 Å². The molecule has 1 aromatic carbocycles. The van der Waals surface area contributed by atoms with Gasteiger partial charge < -0.3 is 15.7 Å². The number of urea groups is 1. The highest BCUT2D eigenvalue weighted by Gasteiger charge is 2.17. The molecule has 2 rings (SSSR count). The zero-order chi connectivity index (χ0) is 15.1. The van der Waals surface area contributed by atoms with Gasteiger partial charge in [-0.2, -0.15) is 0 Å². The number of thiazole rings is 1. The molecule has 1 heterocycles. The predicted molar refractivity (Wildman–Crippen MR) is 78.9 cm³/mol. The molecule has 6 nitrogen and oxygen atoms in total. The maximum Gasteiger partial charge on any atom is 0.315 e. The van der Waals surface area contributed by atoms with Crippen molar-refractivity contribution in [1.82, 2.24) is 15.6 Å². The Balaban J connectivity index is 1.94. The second-order valence-corrected chi connectivity index (χ2v) is 5.33. The number of benzene rings is 1. The van der Waals surface area contributed by atoms with Gasteiger partial charge in [0.2, 0.25) is 0 Å². The Morgan fingerprint density at radius 2 is 2.05 bits per heavy atom. The van der Waals surface area contributed by atoms with E-state index >= 15 is 0 Å². The minimum absolute atomic E-state index is 0.169. The molecular formula is C14H15N3O3S. The van der Waals surface area contributed by atoms with Crippen LogP contribution in [0, 0.1) is 0 Å². The summed E-state index contributed by atoms with van der Waals surface area (Å²) in [5.41, 5.74) is 2.44. The minimum Gasteiger partial charge on any atom is -0.481 e.